The normalized spacial score (nSPS) is 23.4. The van der Waals surface area contributed by atoms with Gasteiger partial charge in [0.05, 0.1) is 6.42 Å². The number of aliphatic carboxylic acids is 1. The fourth-order valence-corrected chi connectivity index (χ4v) is 2.64. The number of carboxylic acids is 1. The Morgan fingerprint density at radius 3 is 2.68 bits per heavy atom. The van der Waals surface area contributed by atoms with Crippen LogP contribution in [0.1, 0.15) is 31.7 Å². The minimum atomic E-state index is -0.861. The summed E-state index contributed by atoms with van der Waals surface area (Å²) < 4.78 is 0. The van der Waals surface area contributed by atoms with Crippen LogP contribution in [0.5, 0.6) is 0 Å². The molecule has 2 rings (SSSR count). The van der Waals surface area contributed by atoms with E-state index in [1.54, 1.807) is 4.90 Å². The van der Waals surface area contributed by atoms with E-state index in [0.717, 1.165) is 6.42 Å². The molecule has 4 heteroatoms. The Balaban J connectivity index is 2.12. The van der Waals surface area contributed by atoms with Crippen molar-refractivity contribution in [2.75, 3.05) is 13.1 Å². The zero-order valence-electron chi connectivity index (χ0n) is 11.1. The van der Waals surface area contributed by atoms with Crippen LogP contribution in [0.4, 0.5) is 0 Å². The van der Waals surface area contributed by atoms with Crippen LogP contribution in [0.2, 0.25) is 0 Å². The van der Waals surface area contributed by atoms with Gasteiger partial charge in [0, 0.05) is 24.9 Å². The molecule has 19 heavy (non-hydrogen) atoms. The average molecular weight is 261 g/mol. The van der Waals surface area contributed by atoms with Crippen LogP contribution in [-0.2, 0) is 15.0 Å². The Morgan fingerprint density at radius 1 is 1.37 bits per heavy atom. The maximum atomic E-state index is 11.9. The van der Waals surface area contributed by atoms with Gasteiger partial charge in [-0.15, -0.1) is 0 Å². The van der Waals surface area contributed by atoms with E-state index in [2.05, 4.69) is 19.1 Å². The van der Waals surface area contributed by atoms with Gasteiger partial charge >= 0.3 is 5.97 Å². The fourth-order valence-electron chi connectivity index (χ4n) is 2.64. The van der Waals surface area contributed by atoms with Gasteiger partial charge in [0.1, 0.15) is 0 Å². The number of hydrogen-bond donors (Lipinski definition) is 1. The molecule has 1 aliphatic heterocycles. The number of likely N-dealkylation sites (tertiary alicyclic amines) is 1. The van der Waals surface area contributed by atoms with E-state index in [0.29, 0.717) is 19.5 Å². The van der Waals surface area contributed by atoms with Gasteiger partial charge in [0.2, 0.25) is 5.91 Å². The molecule has 0 aromatic heterocycles. The van der Waals surface area contributed by atoms with E-state index in [-0.39, 0.29) is 17.7 Å². The maximum Gasteiger partial charge on any atom is 0.305 e. The van der Waals surface area contributed by atoms with Crippen molar-refractivity contribution in [3.05, 3.63) is 35.9 Å². The van der Waals surface area contributed by atoms with E-state index in [9.17, 15) is 9.59 Å². The summed E-state index contributed by atoms with van der Waals surface area (Å²) >= 11 is 0. The monoisotopic (exact) mass is 261 g/mol. The molecule has 0 saturated carbocycles. The molecule has 4 nitrogen and oxygen atoms in total. The second-order valence-corrected chi connectivity index (χ2v) is 5.39. The number of nitrogens with zero attached hydrogens (tertiary/aromatic N) is 1. The standard InChI is InChI=1S/C15H19NO3/c1-15(12-5-3-2-4-6-12)9-7-13(17)16(11-15)10-8-14(18)19/h2-6H,7-11H2,1H3,(H,18,19)/t15-/m1/s1. The minimum Gasteiger partial charge on any atom is -0.481 e. The summed E-state index contributed by atoms with van der Waals surface area (Å²) in [6, 6.07) is 10.1. The Kier molecular flexibility index (Phi) is 3.88. The summed E-state index contributed by atoms with van der Waals surface area (Å²) in [5.74, 6) is -0.797. The quantitative estimate of drug-likeness (QED) is 0.902. The summed E-state index contributed by atoms with van der Waals surface area (Å²) in [6.07, 6.45) is 1.32. The molecule has 102 valence electrons. The Bertz CT molecular complexity index is 472. The highest BCUT2D eigenvalue weighted by molar-refractivity contribution is 5.78. The lowest BCUT2D eigenvalue weighted by atomic mass is 9.75. The number of piperidine rings is 1. The molecule has 0 radical (unpaired) electrons. The number of carbonyl (C=O) groups is 2. The summed E-state index contributed by atoms with van der Waals surface area (Å²) in [5.41, 5.74) is 1.14. The molecule has 0 unspecified atom stereocenters. The molecule has 1 saturated heterocycles. The van der Waals surface area contributed by atoms with Crippen LogP contribution >= 0.6 is 0 Å². The van der Waals surface area contributed by atoms with Crippen LogP contribution < -0.4 is 0 Å². The van der Waals surface area contributed by atoms with Crippen molar-refractivity contribution < 1.29 is 14.7 Å². The molecule has 0 aliphatic carbocycles. The van der Waals surface area contributed by atoms with Crippen LogP contribution in [0.15, 0.2) is 30.3 Å². The van der Waals surface area contributed by atoms with E-state index >= 15 is 0 Å². The molecule has 1 amide bonds. The number of benzene rings is 1. The lowest BCUT2D eigenvalue weighted by molar-refractivity contribution is -0.140. The zero-order chi connectivity index (χ0) is 13.9. The Hall–Kier alpha value is -1.84. The van der Waals surface area contributed by atoms with Gasteiger partial charge in [-0.05, 0) is 12.0 Å². The summed E-state index contributed by atoms with van der Waals surface area (Å²) in [7, 11) is 0. The molecule has 1 heterocycles. The SMILES string of the molecule is C[C@@]1(c2ccccc2)CCC(=O)N(CCC(=O)O)C1. The molecule has 0 bridgehead atoms. The first-order valence-electron chi connectivity index (χ1n) is 6.56. The Morgan fingerprint density at radius 2 is 2.05 bits per heavy atom. The largest absolute Gasteiger partial charge is 0.481 e. The van der Waals surface area contributed by atoms with E-state index in [1.165, 1.54) is 5.56 Å². The van der Waals surface area contributed by atoms with Crippen molar-refractivity contribution in [3.8, 4) is 0 Å². The first-order chi connectivity index (χ1) is 9.01. The molecular weight excluding hydrogens is 242 g/mol. The smallest absolute Gasteiger partial charge is 0.305 e. The molecule has 1 aromatic carbocycles. The zero-order valence-corrected chi connectivity index (χ0v) is 11.1. The molecule has 1 aliphatic rings. The van der Waals surface area contributed by atoms with Crippen LogP contribution in [0.25, 0.3) is 0 Å². The minimum absolute atomic E-state index is 0.0105. The van der Waals surface area contributed by atoms with Gasteiger partial charge in [0.15, 0.2) is 0 Å². The van der Waals surface area contributed by atoms with E-state index < -0.39 is 5.97 Å². The fraction of sp³-hybridized carbons (Fsp3) is 0.467. The third kappa shape index (κ3) is 3.13. The van der Waals surface area contributed by atoms with Crippen LogP contribution in [-0.4, -0.2) is 35.0 Å². The molecular formula is C15H19NO3. The number of carboxylic acid groups (broad SMARTS) is 1. The predicted molar refractivity (Wildman–Crippen MR) is 71.9 cm³/mol. The van der Waals surface area contributed by atoms with E-state index in [1.807, 2.05) is 18.2 Å². The van der Waals surface area contributed by atoms with Gasteiger partial charge < -0.3 is 10.0 Å². The summed E-state index contributed by atoms with van der Waals surface area (Å²) in [6.45, 7) is 3.04. The first-order valence-corrected chi connectivity index (χ1v) is 6.56. The second kappa shape index (κ2) is 5.43. The second-order valence-electron chi connectivity index (χ2n) is 5.39. The van der Waals surface area contributed by atoms with Crippen molar-refractivity contribution in [3.63, 3.8) is 0 Å². The Labute approximate surface area is 113 Å². The highest BCUT2D eigenvalue weighted by Gasteiger charge is 2.36. The van der Waals surface area contributed by atoms with Crippen LogP contribution in [0, 0.1) is 0 Å². The topological polar surface area (TPSA) is 57.6 Å². The third-order valence-electron chi connectivity index (χ3n) is 3.85. The van der Waals surface area contributed by atoms with Gasteiger partial charge in [-0.2, -0.15) is 0 Å². The van der Waals surface area contributed by atoms with Crippen LogP contribution in [0.3, 0.4) is 0 Å². The van der Waals surface area contributed by atoms with Crippen molar-refractivity contribution >= 4 is 11.9 Å². The lowest BCUT2D eigenvalue weighted by Gasteiger charge is -2.40. The summed E-state index contributed by atoms with van der Waals surface area (Å²) in [5, 5.41) is 8.74. The van der Waals surface area contributed by atoms with Crippen molar-refractivity contribution in [2.24, 2.45) is 0 Å². The van der Waals surface area contributed by atoms with Gasteiger partial charge in [-0.25, -0.2) is 0 Å². The number of amides is 1. The molecule has 1 fully saturated rings. The van der Waals surface area contributed by atoms with Gasteiger partial charge in [-0.3, -0.25) is 9.59 Å². The van der Waals surface area contributed by atoms with Crippen molar-refractivity contribution in [2.45, 2.75) is 31.6 Å². The first kappa shape index (κ1) is 13.6. The molecule has 1 N–H and O–H groups in total. The molecule has 1 atom stereocenters. The number of hydrogen-bond acceptors (Lipinski definition) is 2. The maximum absolute atomic E-state index is 11.9. The third-order valence-corrected chi connectivity index (χ3v) is 3.85. The van der Waals surface area contributed by atoms with Gasteiger partial charge in [-0.1, -0.05) is 37.3 Å². The highest BCUT2D eigenvalue weighted by Crippen LogP contribution is 2.33. The van der Waals surface area contributed by atoms with Crippen molar-refractivity contribution in [1.82, 2.24) is 4.90 Å². The van der Waals surface area contributed by atoms with Gasteiger partial charge in [0.25, 0.3) is 0 Å². The number of rotatable bonds is 4. The highest BCUT2D eigenvalue weighted by atomic mass is 16.4. The lowest BCUT2D eigenvalue weighted by Crippen LogP contribution is -2.48. The molecule has 1 aromatic rings. The van der Waals surface area contributed by atoms with E-state index in [4.69, 9.17) is 5.11 Å². The summed E-state index contributed by atoms with van der Waals surface area (Å²) in [4.78, 5) is 24.2. The predicted octanol–water partition coefficient (Wildman–Crippen LogP) is 2.04. The molecule has 0 spiro atoms. The number of carbonyl (C=O) groups excluding carboxylic acids is 1. The van der Waals surface area contributed by atoms with Crippen molar-refractivity contribution in [1.29, 1.82) is 0 Å². The average Bonchev–Trinajstić information content (AvgIpc) is 2.41.